The highest BCUT2D eigenvalue weighted by Crippen LogP contribution is 2.31. The maximum atomic E-state index is 14.3. The lowest BCUT2D eigenvalue weighted by atomic mass is 9.79. The number of benzene rings is 1. The number of ether oxygens (including phenoxy) is 2. The molecule has 3 N–H and O–H groups in total. The van der Waals surface area contributed by atoms with Gasteiger partial charge in [0.15, 0.2) is 0 Å². The Morgan fingerprint density at radius 3 is 2.45 bits per heavy atom. The van der Waals surface area contributed by atoms with Crippen molar-refractivity contribution in [1.29, 1.82) is 0 Å². The molecule has 5 rings (SSSR count). The van der Waals surface area contributed by atoms with E-state index in [1.54, 1.807) is 39.8 Å². The smallest absolute Gasteiger partial charge is 0.446 e. The number of nitrogens with zero attached hydrogens (tertiary/aromatic N) is 2. The summed E-state index contributed by atoms with van der Waals surface area (Å²) in [6, 6.07) is 2.59. The minimum Gasteiger partial charge on any atom is -0.446 e. The van der Waals surface area contributed by atoms with Crippen molar-refractivity contribution in [2.45, 2.75) is 116 Å². The minimum absolute atomic E-state index is 0.00106. The van der Waals surface area contributed by atoms with Gasteiger partial charge in [-0.05, 0) is 56.1 Å². The van der Waals surface area contributed by atoms with Crippen molar-refractivity contribution in [3.63, 3.8) is 0 Å². The molecule has 3 aliphatic heterocycles. The number of amides is 4. The highest BCUT2D eigenvalue weighted by atomic mass is 19.1. The monoisotopic (exact) mass is 616 g/mol. The van der Waals surface area contributed by atoms with E-state index >= 15 is 0 Å². The van der Waals surface area contributed by atoms with Crippen LogP contribution in [0.5, 0.6) is 0 Å². The molecular formula is C30H42BFN4O8. The summed E-state index contributed by atoms with van der Waals surface area (Å²) in [5, 5.41) is 15.8. The average molecular weight is 616 g/mol. The Labute approximate surface area is 257 Å². The fourth-order valence-electron chi connectivity index (χ4n) is 6.50. The van der Waals surface area contributed by atoms with Crippen LogP contribution in [-0.4, -0.2) is 88.8 Å². The van der Waals surface area contributed by atoms with E-state index in [9.17, 15) is 28.6 Å². The summed E-state index contributed by atoms with van der Waals surface area (Å²) < 4.78 is 31.0. The summed E-state index contributed by atoms with van der Waals surface area (Å²) in [7, 11) is -1.19. The number of fused-ring (bicyclic) bond motifs is 1. The molecule has 3 fully saturated rings. The molecule has 1 saturated carbocycles. The highest BCUT2D eigenvalue weighted by Gasteiger charge is 2.48. The maximum absolute atomic E-state index is 14.3. The molecule has 1 aromatic rings. The number of likely N-dealkylation sites (tertiary alicyclic amines) is 1. The lowest BCUT2D eigenvalue weighted by Crippen LogP contribution is -2.59. The summed E-state index contributed by atoms with van der Waals surface area (Å²) in [5.74, 6) is -2.12. The topological polar surface area (TPSA) is 147 Å². The lowest BCUT2D eigenvalue weighted by molar-refractivity contribution is -0.142. The molecule has 4 amide bonds. The van der Waals surface area contributed by atoms with E-state index in [1.165, 1.54) is 15.9 Å². The molecule has 2 saturated heterocycles. The van der Waals surface area contributed by atoms with Gasteiger partial charge in [0.1, 0.15) is 30.1 Å². The van der Waals surface area contributed by atoms with Crippen LogP contribution in [0.1, 0.15) is 77.3 Å². The molecule has 12 nitrogen and oxygen atoms in total. The van der Waals surface area contributed by atoms with Gasteiger partial charge in [-0.1, -0.05) is 32.9 Å². The van der Waals surface area contributed by atoms with Crippen LogP contribution in [0.3, 0.4) is 0 Å². The van der Waals surface area contributed by atoms with Gasteiger partial charge in [0, 0.05) is 24.6 Å². The Morgan fingerprint density at radius 2 is 1.82 bits per heavy atom. The molecular weight excluding hydrogens is 574 g/mol. The largest absolute Gasteiger partial charge is 0.478 e. The number of hydrogen-bond acceptors (Lipinski definition) is 8. The van der Waals surface area contributed by atoms with Gasteiger partial charge in [-0.3, -0.25) is 14.5 Å². The van der Waals surface area contributed by atoms with E-state index in [0.29, 0.717) is 17.5 Å². The second kappa shape index (κ2) is 12.9. The Bertz CT molecular complexity index is 1270. The van der Waals surface area contributed by atoms with Gasteiger partial charge in [0.25, 0.3) is 0 Å². The van der Waals surface area contributed by atoms with Crippen molar-refractivity contribution < 1.29 is 42.7 Å². The molecule has 44 heavy (non-hydrogen) atoms. The van der Waals surface area contributed by atoms with Gasteiger partial charge in [-0.15, -0.1) is 0 Å². The third-order valence-corrected chi connectivity index (χ3v) is 8.88. The van der Waals surface area contributed by atoms with E-state index in [-0.39, 0.29) is 38.3 Å². The van der Waals surface area contributed by atoms with Crippen molar-refractivity contribution >= 4 is 31.1 Å². The van der Waals surface area contributed by atoms with E-state index in [4.69, 9.17) is 14.1 Å². The van der Waals surface area contributed by atoms with Crippen LogP contribution in [0, 0.1) is 11.2 Å². The normalized spacial score (nSPS) is 26.0. The zero-order valence-electron chi connectivity index (χ0n) is 25.7. The van der Waals surface area contributed by atoms with Crippen LogP contribution in [0.25, 0.3) is 0 Å². The van der Waals surface area contributed by atoms with E-state index in [2.05, 4.69) is 10.6 Å². The SMILES string of the molecule is C[C@H]1C[C@H](NC(=O)[C@@H]2C[C@@H](OC(=O)N3Cc4cccc(F)c4C3)CN2C(=O)[C@@H](NC(=O)OC2CCCC2)C(C)(C)C)B(O)O1. The van der Waals surface area contributed by atoms with Crippen LogP contribution < -0.4 is 10.6 Å². The second-order valence-corrected chi connectivity index (χ2v) is 13.4. The molecule has 1 aliphatic carbocycles. The fourth-order valence-corrected chi connectivity index (χ4v) is 6.50. The van der Waals surface area contributed by atoms with E-state index < -0.39 is 66.5 Å². The fraction of sp³-hybridized carbons (Fsp3) is 0.667. The molecule has 0 bridgehead atoms. The van der Waals surface area contributed by atoms with Gasteiger partial charge in [-0.25, -0.2) is 14.0 Å². The molecule has 240 valence electrons. The molecule has 14 heteroatoms. The van der Waals surface area contributed by atoms with Crippen LogP contribution in [0.15, 0.2) is 18.2 Å². The summed E-state index contributed by atoms with van der Waals surface area (Å²) >= 11 is 0. The third-order valence-electron chi connectivity index (χ3n) is 8.88. The quantitative estimate of drug-likeness (QED) is 0.414. The first-order chi connectivity index (χ1) is 20.8. The zero-order chi connectivity index (χ0) is 31.8. The molecule has 3 heterocycles. The van der Waals surface area contributed by atoms with Crippen LogP contribution >= 0.6 is 0 Å². The van der Waals surface area contributed by atoms with Crippen molar-refractivity contribution in [2.24, 2.45) is 5.41 Å². The summed E-state index contributed by atoms with van der Waals surface area (Å²) in [4.78, 5) is 56.4. The standard InChI is InChI=1S/C30H42BFN4O8/c1-17-12-24(31(41)44-17)33-26(37)23-13-20(43-29(40)35-14-18-8-7-11-22(32)21(18)16-35)15-36(23)27(38)25(30(2,3)4)34-28(39)42-19-9-5-6-10-19/h7-8,11,17,19-20,23-25,41H,5-6,9-10,12-16H2,1-4H3,(H,33,37)(H,34,39)/t17-,20+,23-,24-,25+/m0/s1. The Hall–Kier alpha value is -3.39. The predicted octanol–water partition coefficient (Wildman–Crippen LogP) is 2.64. The number of alkyl carbamates (subject to hydrolysis) is 1. The first-order valence-corrected chi connectivity index (χ1v) is 15.4. The molecule has 1 aromatic carbocycles. The minimum atomic E-state index is -1.19. The summed E-state index contributed by atoms with van der Waals surface area (Å²) in [6.07, 6.45) is 1.19. The van der Waals surface area contributed by atoms with Crippen molar-refractivity contribution in [1.82, 2.24) is 20.4 Å². The van der Waals surface area contributed by atoms with Gasteiger partial charge in [0.05, 0.1) is 19.0 Å². The highest BCUT2D eigenvalue weighted by molar-refractivity contribution is 6.46. The molecule has 5 atom stereocenters. The maximum Gasteiger partial charge on any atom is 0.478 e. The van der Waals surface area contributed by atoms with Crippen molar-refractivity contribution in [3.8, 4) is 0 Å². The van der Waals surface area contributed by atoms with Crippen molar-refractivity contribution in [2.75, 3.05) is 6.54 Å². The number of rotatable bonds is 6. The van der Waals surface area contributed by atoms with Gasteiger partial charge in [0.2, 0.25) is 11.8 Å². The van der Waals surface area contributed by atoms with Gasteiger partial charge < -0.3 is 34.7 Å². The Kier molecular flexibility index (Phi) is 9.40. The first kappa shape index (κ1) is 32.0. The zero-order valence-corrected chi connectivity index (χ0v) is 25.7. The van der Waals surface area contributed by atoms with Crippen LogP contribution in [-0.2, 0) is 36.8 Å². The number of carbonyl (C=O) groups excluding carboxylic acids is 4. The summed E-state index contributed by atoms with van der Waals surface area (Å²) in [5.41, 5.74) is 0.371. The average Bonchev–Trinajstić information content (AvgIpc) is 3.74. The van der Waals surface area contributed by atoms with Crippen LogP contribution in [0.4, 0.5) is 14.0 Å². The number of carbonyl (C=O) groups is 4. The second-order valence-electron chi connectivity index (χ2n) is 13.4. The molecule has 0 aromatic heterocycles. The van der Waals surface area contributed by atoms with Crippen molar-refractivity contribution in [3.05, 3.63) is 35.1 Å². The van der Waals surface area contributed by atoms with E-state index in [1.807, 2.05) is 0 Å². The molecule has 0 radical (unpaired) electrons. The lowest BCUT2D eigenvalue weighted by Gasteiger charge is -2.35. The molecule has 0 unspecified atom stereocenters. The van der Waals surface area contributed by atoms with E-state index in [0.717, 1.165) is 25.7 Å². The number of nitrogens with one attached hydrogen (secondary N) is 2. The Morgan fingerprint density at radius 1 is 1.09 bits per heavy atom. The first-order valence-electron chi connectivity index (χ1n) is 15.4. The van der Waals surface area contributed by atoms with Crippen LogP contribution in [0.2, 0.25) is 0 Å². The number of hydrogen-bond donors (Lipinski definition) is 3. The van der Waals surface area contributed by atoms with Gasteiger partial charge in [-0.2, -0.15) is 0 Å². The van der Waals surface area contributed by atoms with Gasteiger partial charge >= 0.3 is 19.3 Å². The predicted molar refractivity (Wildman–Crippen MR) is 156 cm³/mol. The number of halogens is 1. The molecule has 4 aliphatic rings. The molecule has 0 spiro atoms. The Balaban J connectivity index is 1.31. The summed E-state index contributed by atoms with van der Waals surface area (Å²) in [6.45, 7) is 7.32. The third kappa shape index (κ3) is 7.12.